The Bertz CT molecular complexity index is 938. The number of carbonyl (C=O) groups is 1. The molecule has 0 bridgehead atoms. The van der Waals surface area contributed by atoms with E-state index in [-0.39, 0.29) is 24.3 Å². The molecule has 1 saturated heterocycles. The van der Waals surface area contributed by atoms with E-state index in [0.29, 0.717) is 12.0 Å². The molecule has 1 amide bonds. The highest BCUT2D eigenvalue weighted by molar-refractivity contribution is 5.97. The van der Waals surface area contributed by atoms with Crippen LogP contribution >= 0.6 is 0 Å². The first kappa shape index (κ1) is 15.7. The Balaban J connectivity index is 1.68. The Morgan fingerprint density at radius 3 is 2.76 bits per heavy atom. The summed E-state index contributed by atoms with van der Waals surface area (Å²) in [5, 5.41) is 18.0. The zero-order valence-electron chi connectivity index (χ0n) is 13.6. The molecule has 0 radical (unpaired) electrons. The molecule has 1 aromatic heterocycles. The molecule has 0 unspecified atom stereocenters. The minimum Gasteiger partial charge on any atom is -0.391 e. The Morgan fingerprint density at radius 2 is 2.00 bits per heavy atom. The van der Waals surface area contributed by atoms with Gasteiger partial charge < -0.3 is 10.0 Å². The van der Waals surface area contributed by atoms with Crippen LogP contribution in [-0.4, -0.2) is 43.6 Å². The van der Waals surface area contributed by atoms with Gasteiger partial charge in [-0.3, -0.25) is 4.79 Å². The minimum absolute atomic E-state index is 0.172. The van der Waals surface area contributed by atoms with Crippen LogP contribution in [0.2, 0.25) is 0 Å². The Kier molecular flexibility index (Phi) is 3.73. The number of fused-ring (bicyclic) bond motifs is 1. The van der Waals surface area contributed by atoms with Crippen molar-refractivity contribution in [2.75, 3.05) is 6.54 Å². The minimum atomic E-state index is -0.596. The van der Waals surface area contributed by atoms with Crippen LogP contribution in [0, 0.1) is 5.82 Å². The standard InChI is InChI=1S/C18H17FN4O2/c1-22-17-8-12(4-7-15(17)20-21-22)18(25)23-10-14(24)9-16(23)11-2-5-13(19)6-3-11/h2-8,14,16,24H,9-10H2,1H3/t14-,16-/m0/s1. The molecular weight excluding hydrogens is 323 g/mol. The van der Waals surface area contributed by atoms with Gasteiger partial charge in [0, 0.05) is 19.2 Å². The number of aromatic nitrogens is 3. The number of nitrogens with zero attached hydrogens (tertiary/aromatic N) is 4. The van der Waals surface area contributed by atoms with Gasteiger partial charge in [-0.15, -0.1) is 5.10 Å². The number of rotatable bonds is 2. The van der Waals surface area contributed by atoms with E-state index in [2.05, 4.69) is 10.3 Å². The molecule has 7 heteroatoms. The fourth-order valence-electron chi connectivity index (χ4n) is 3.37. The van der Waals surface area contributed by atoms with E-state index in [4.69, 9.17) is 0 Å². The molecule has 1 aliphatic heterocycles. The lowest BCUT2D eigenvalue weighted by Crippen LogP contribution is -2.31. The monoisotopic (exact) mass is 340 g/mol. The Morgan fingerprint density at radius 1 is 1.24 bits per heavy atom. The number of hydrogen-bond acceptors (Lipinski definition) is 4. The summed E-state index contributed by atoms with van der Waals surface area (Å²) in [5.74, 6) is -0.497. The van der Waals surface area contributed by atoms with E-state index in [0.717, 1.165) is 16.6 Å². The predicted molar refractivity (Wildman–Crippen MR) is 89.3 cm³/mol. The van der Waals surface area contributed by atoms with E-state index in [1.165, 1.54) is 12.1 Å². The fraction of sp³-hybridized carbons (Fsp3) is 0.278. The molecule has 0 saturated carbocycles. The van der Waals surface area contributed by atoms with Crippen LogP contribution in [0.1, 0.15) is 28.4 Å². The Hall–Kier alpha value is -2.80. The summed E-state index contributed by atoms with van der Waals surface area (Å²) >= 11 is 0. The maximum absolute atomic E-state index is 13.2. The average molecular weight is 340 g/mol. The van der Waals surface area contributed by atoms with Gasteiger partial charge in [0.15, 0.2) is 0 Å². The number of likely N-dealkylation sites (tertiary alicyclic amines) is 1. The van der Waals surface area contributed by atoms with Crippen LogP contribution in [0.5, 0.6) is 0 Å². The number of carbonyl (C=O) groups excluding carboxylic acids is 1. The van der Waals surface area contributed by atoms with Crippen molar-refractivity contribution in [2.24, 2.45) is 7.05 Å². The second-order valence-electron chi connectivity index (χ2n) is 6.33. The van der Waals surface area contributed by atoms with E-state index >= 15 is 0 Å². The topological polar surface area (TPSA) is 71.2 Å². The lowest BCUT2D eigenvalue weighted by Gasteiger charge is -2.25. The molecule has 0 aliphatic carbocycles. The first-order valence-corrected chi connectivity index (χ1v) is 8.07. The number of amides is 1. The maximum Gasteiger partial charge on any atom is 0.254 e. The van der Waals surface area contributed by atoms with Crippen LogP contribution in [0.25, 0.3) is 11.0 Å². The molecule has 2 atom stereocenters. The third-order valence-corrected chi connectivity index (χ3v) is 4.65. The molecule has 25 heavy (non-hydrogen) atoms. The normalized spacial score (nSPS) is 20.4. The zero-order chi connectivity index (χ0) is 17.6. The van der Waals surface area contributed by atoms with E-state index in [9.17, 15) is 14.3 Å². The summed E-state index contributed by atoms with van der Waals surface area (Å²) in [7, 11) is 1.77. The highest BCUT2D eigenvalue weighted by atomic mass is 19.1. The third kappa shape index (κ3) is 2.76. The number of benzene rings is 2. The number of hydrogen-bond donors (Lipinski definition) is 1. The number of halogens is 1. The van der Waals surface area contributed by atoms with E-state index in [1.807, 2.05) is 0 Å². The number of aryl methyl sites for hydroxylation is 1. The third-order valence-electron chi connectivity index (χ3n) is 4.65. The van der Waals surface area contributed by atoms with E-state index in [1.54, 1.807) is 47.0 Å². The summed E-state index contributed by atoms with van der Waals surface area (Å²) in [6.45, 7) is 0.253. The molecule has 128 valence electrons. The van der Waals surface area contributed by atoms with Crippen LogP contribution in [-0.2, 0) is 7.05 Å². The highest BCUT2D eigenvalue weighted by Gasteiger charge is 2.35. The molecule has 4 rings (SSSR count). The smallest absolute Gasteiger partial charge is 0.254 e. The van der Waals surface area contributed by atoms with Crippen molar-refractivity contribution < 1.29 is 14.3 Å². The van der Waals surface area contributed by atoms with Crippen LogP contribution in [0.4, 0.5) is 4.39 Å². The van der Waals surface area contributed by atoms with E-state index < -0.39 is 6.10 Å². The van der Waals surface area contributed by atoms with Crippen molar-refractivity contribution in [3.63, 3.8) is 0 Å². The summed E-state index contributed by atoms with van der Waals surface area (Å²) in [5.41, 5.74) is 2.81. The van der Waals surface area contributed by atoms with Gasteiger partial charge in [0.05, 0.1) is 17.7 Å². The van der Waals surface area contributed by atoms with Crippen molar-refractivity contribution in [3.8, 4) is 0 Å². The quantitative estimate of drug-likeness (QED) is 0.775. The predicted octanol–water partition coefficient (Wildman–Crippen LogP) is 2.06. The van der Waals surface area contributed by atoms with Gasteiger partial charge in [0.2, 0.25) is 0 Å². The first-order chi connectivity index (χ1) is 12.0. The molecule has 3 aromatic rings. The van der Waals surface area contributed by atoms with Crippen LogP contribution < -0.4 is 0 Å². The summed E-state index contributed by atoms with van der Waals surface area (Å²) in [4.78, 5) is 14.7. The van der Waals surface area contributed by atoms with Gasteiger partial charge in [-0.05, 0) is 42.3 Å². The largest absolute Gasteiger partial charge is 0.391 e. The van der Waals surface area contributed by atoms with Crippen LogP contribution in [0.15, 0.2) is 42.5 Å². The second-order valence-corrected chi connectivity index (χ2v) is 6.33. The lowest BCUT2D eigenvalue weighted by atomic mass is 10.0. The number of aliphatic hydroxyl groups is 1. The maximum atomic E-state index is 13.2. The number of β-amino-alcohol motifs (C(OH)–C–C–N with tert-alkyl or cyclic N) is 1. The molecule has 0 spiro atoms. The first-order valence-electron chi connectivity index (χ1n) is 8.07. The van der Waals surface area contributed by atoms with Crippen molar-refractivity contribution in [1.82, 2.24) is 19.9 Å². The summed E-state index contributed by atoms with van der Waals surface area (Å²) in [6, 6.07) is 11.0. The summed E-state index contributed by atoms with van der Waals surface area (Å²) < 4.78 is 14.8. The lowest BCUT2D eigenvalue weighted by molar-refractivity contribution is 0.0716. The molecule has 1 fully saturated rings. The van der Waals surface area contributed by atoms with Gasteiger partial charge in [0.25, 0.3) is 5.91 Å². The van der Waals surface area contributed by atoms with Gasteiger partial charge in [-0.2, -0.15) is 0 Å². The van der Waals surface area contributed by atoms with Crippen LogP contribution in [0.3, 0.4) is 0 Å². The number of aliphatic hydroxyl groups excluding tert-OH is 1. The molecule has 1 N–H and O–H groups in total. The fourth-order valence-corrected chi connectivity index (χ4v) is 3.37. The second kappa shape index (κ2) is 5.93. The zero-order valence-corrected chi connectivity index (χ0v) is 13.6. The van der Waals surface area contributed by atoms with Crippen molar-refractivity contribution in [1.29, 1.82) is 0 Å². The highest BCUT2D eigenvalue weighted by Crippen LogP contribution is 2.33. The van der Waals surface area contributed by atoms with Gasteiger partial charge >= 0.3 is 0 Å². The van der Waals surface area contributed by atoms with Gasteiger partial charge in [0.1, 0.15) is 11.3 Å². The average Bonchev–Trinajstić information content (AvgIpc) is 3.18. The van der Waals surface area contributed by atoms with Gasteiger partial charge in [-0.25, -0.2) is 9.07 Å². The van der Waals surface area contributed by atoms with Crippen molar-refractivity contribution in [3.05, 3.63) is 59.4 Å². The molecular formula is C18H17FN4O2. The Labute approximate surface area is 143 Å². The van der Waals surface area contributed by atoms with Crippen molar-refractivity contribution >= 4 is 16.9 Å². The summed E-state index contributed by atoms with van der Waals surface area (Å²) in [6.07, 6.45) is -0.159. The molecule has 2 heterocycles. The molecule has 6 nitrogen and oxygen atoms in total. The molecule has 2 aromatic carbocycles. The van der Waals surface area contributed by atoms with Crippen molar-refractivity contribution in [2.45, 2.75) is 18.6 Å². The molecule has 1 aliphatic rings. The van der Waals surface area contributed by atoms with Gasteiger partial charge in [-0.1, -0.05) is 17.3 Å². The SMILES string of the molecule is Cn1nnc2ccc(C(=O)N3C[C@@H](O)C[C@H]3c3ccc(F)cc3)cc21.